The minimum absolute atomic E-state index is 0.103. The van der Waals surface area contributed by atoms with Gasteiger partial charge in [-0.25, -0.2) is 8.78 Å². The van der Waals surface area contributed by atoms with Gasteiger partial charge in [0, 0.05) is 59.4 Å². The van der Waals surface area contributed by atoms with Gasteiger partial charge in [-0.1, -0.05) is 6.07 Å². The molecular formula is C29H27F2N5O3S. The average molecular weight is 564 g/mol. The molecule has 8 nitrogen and oxygen atoms in total. The van der Waals surface area contributed by atoms with Crippen LogP contribution in [-0.2, 0) is 4.74 Å². The molecule has 3 N–H and O–H groups in total. The van der Waals surface area contributed by atoms with E-state index in [1.54, 1.807) is 34.0 Å². The summed E-state index contributed by atoms with van der Waals surface area (Å²) in [5, 5.41) is 24.7. The summed E-state index contributed by atoms with van der Waals surface area (Å²) in [4.78, 5) is 16.0. The van der Waals surface area contributed by atoms with Gasteiger partial charge in [-0.05, 0) is 49.1 Å². The second-order valence-corrected chi connectivity index (χ2v) is 11.4. The summed E-state index contributed by atoms with van der Waals surface area (Å²) < 4.78 is 37.5. The van der Waals surface area contributed by atoms with Crippen LogP contribution in [0, 0.1) is 23.0 Å². The number of aromatic nitrogens is 2. The van der Waals surface area contributed by atoms with Crippen molar-refractivity contribution in [1.29, 1.82) is 5.26 Å². The van der Waals surface area contributed by atoms with E-state index in [1.807, 2.05) is 6.07 Å². The highest BCUT2D eigenvalue weighted by Gasteiger charge is 2.28. The van der Waals surface area contributed by atoms with Gasteiger partial charge in [-0.2, -0.15) is 10.4 Å². The number of thiophene rings is 1. The standard InChI is InChI=1S/C29H27F2N5O3S/c30-22-9-16(3-4-17(22)12-32)20-10-27(29(38)35-6-1-2-19(33)14-35)40-28(20)21-8-18-13-36(34-24(18)11-23(21)31)25-15-39-7-5-26(25)37/h3-4,8-11,13,19,25-26,37H,1-2,5-7,14-15,33H2/t19-,25?,26?/m1/s1. The zero-order valence-electron chi connectivity index (χ0n) is 21.5. The number of carbonyl (C=O) groups excluding carboxylic acids is 1. The number of carbonyl (C=O) groups is 1. The summed E-state index contributed by atoms with van der Waals surface area (Å²) in [6.45, 7) is 1.79. The Balaban J connectivity index is 1.46. The molecule has 3 atom stereocenters. The molecule has 2 aliphatic heterocycles. The van der Waals surface area contributed by atoms with Crippen molar-refractivity contribution >= 4 is 28.1 Å². The zero-order chi connectivity index (χ0) is 28.0. The predicted octanol–water partition coefficient (Wildman–Crippen LogP) is 4.47. The summed E-state index contributed by atoms with van der Waals surface area (Å²) in [6.07, 6.45) is 3.25. The lowest BCUT2D eigenvalue weighted by Crippen LogP contribution is -2.45. The van der Waals surface area contributed by atoms with Crippen LogP contribution in [0.15, 0.2) is 42.6 Å². The summed E-state index contributed by atoms with van der Waals surface area (Å²) >= 11 is 1.14. The minimum Gasteiger partial charge on any atom is -0.391 e. The monoisotopic (exact) mass is 563 g/mol. The number of aliphatic hydroxyl groups excluding tert-OH is 1. The second kappa shape index (κ2) is 10.7. The summed E-state index contributed by atoms with van der Waals surface area (Å²) in [5.74, 6) is -1.45. The number of rotatable bonds is 4. The van der Waals surface area contributed by atoms with Crippen LogP contribution in [-0.4, -0.2) is 64.1 Å². The molecule has 0 radical (unpaired) electrons. The number of nitrogens with zero attached hydrogens (tertiary/aromatic N) is 4. The van der Waals surface area contributed by atoms with Crippen molar-refractivity contribution < 1.29 is 23.4 Å². The molecule has 4 aromatic rings. The number of fused-ring (bicyclic) bond motifs is 1. The van der Waals surface area contributed by atoms with E-state index < -0.39 is 17.7 Å². The van der Waals surface area contributed by atoms with Crippen molar-refractivity contribution in [2.45, 2.75) is 37.5 Å². The molecule has 4 heterocycles. The Kier molecular flexibility index (Phi) is 7.10. The van der Waals surface area contributed by atoms with E-state index in [9.17, 15) is 19.6 Å². The third-order valence-corrected chi connectivity index (χ3v) is 8.73. The maximum absolute atomic E-state index is 15.7. The van der Waals surface area contributed by atoms with Crippen molar-refractivity contribution in [1.82, 2.24) is 14.7 Å². The Morgan fingerprint density at radius 2 is 2.02 bits per heavy atom. The van der Waals surface area contributed by atoms with E-state index in [4.69, 9.17) is 10.5 Å². The molecule has 0 bridgehead atoms. The summed E-state index contributed by atoms with van der Waals surface area (Å²) in [7, 11) is 0. The number of nitrogens with two attached hydrogens (primary N) is 1. The lowest BCUT2D eigenvalue weighted by Gasteiger charge is -2.30. The van der Waals surface area contributed by atoms with Crippen LogP contribution in [0.2, 0.25) is 0 Å². The number of hydrogen-bond donors (Lipinski definition) is 2. The highest BCUT2D eigenvalue weighted by molar-refractivity contribution is 7.18. The molecule has 11 heteroatoms. The quantitative estimate of drug-likeness (QED) is 0.379. The van der Waals surface area contributed by atoms with Gasteiger partial charge in [0.15, 0.2) is 0 Å². The highest BCUT2D eigenvalue weighted by atomic mass is 32.1. The van der Waals surface area contributed by atoms with Crippen LogP contribution >= 0.6 is 11.3 Å². The van der Waals surface area contributed by atoms with Crippen LogP contribution in [0.5, 0.6) is 0 Å². The fourth-order valence-electron chi connectivity index (χ4n) is 5.41. The first-order chi connectivity index (χ1) is 19.3. The van der Waals surface area contributed by atoms with Gasteiger partial charge in [0.25, 0.3) is 5.91 Å². The van der Waals surface area contributed by atoms with Gasteiger partial charge in [-0.3, -0.25) is 9.48 Å². The Bertz CT molecular complexity index is 1640. The third-order valence-electron chi connectivity index (χ3n) is 7.57. The Morgan fingerprint density at radius 1 is 1.18 bits per heavy atom. The lowest BCUT2D eigenvalue weighted by atomic mass is 9.99. The lowest BCUT2D eigenvalue weighted by molar-refractivity contribution is -0.0327. The van der Waals surface area contributed by atoms with Crippen LogP contribution in [0.1, 0.15) is 40.5 Å². The van der Waals surface area contributed by atoms with Crippen LogP contribution in [0.4, 0.5) is 8.78 Å². The number of ether oxygens (including phenoxy) is 1. The molecule has 0 aliphatic carbocycles. The van der Waals surface area contributed by atoms with Crippen molar-refractivity contribution in [3.05, 3.63) is 64.7 Å². The summed E-state index contributed by atoms with van der Waals surface area (Å²) in [6, 6.07) is 10.2. The normalized spacial score (nSPS) is 21.5. The molecule has 40 heavy (non-hydrogen) atoms. The molecule has 1 amide bonds. The van der Waals surface area contributed by atoms with Crippen molar-refractivity contribution in [3.8, 4) is 27.6 Å². The van der Waals surface area contributed by atoms with E-state index in [1.165, 1.54) is 18.2 Å². The largest absolute Gasteiger partial charge is 0.391 e. The Labute approximate surface area is 233 Å². The molecule has 2 aliphatic rings. The van der Waals surface area contributed by atoms with E-state index in [2.05, 4.69) is 5.10 Å². The topological polar surface area (TPSA) is 117 Å². The van der Waals surface area contributed by atoms with Crippen molar-refractivity contribution in [2.75, 3.05) is 26.3 Å². The number of amides is 1. The third kappa shape index (κ3) is 4.88. The van der Waals surface area contributed by atoms with Gasteiger partial charge >= 0.3 is 0 Å². The molecule has 206 valence electrons. The number of likely N-dealkylation sites (tertiary alicyclic amines) is 1. The van der Waals surface area contributed by atoms with Gasteiger partial charge in [-0.15, -0.1) is 11.3 Å². The van der Waals surface area contributed by atoms with E-state index in [0.29, 0.717) is 64.5 Å². The van der Waals surface area contributed by atoms with Gasteiger partial charge in [0.2, 0.25) is 0 Å². The van der Waals surface area contributed by atoms with Gasteiger partial charge in [0.1, 0.15) is 23.7 Å². The predicted molar refractivity (Wildman–Crippen MR) is 147 cm³/mol. The van der Waals surface area contributed by atoms with Crippen LogP contribution in [0.25, 0.3) is 32.5 Å². The number of benzene rings is 2. The molecule has 2 unspecified atom stereocenters. The van der Waals surface area contributed by atoms with E-state index in [-0.39, 0.29) is 29.1 Å². The molecule has 2 fully saturated rings. The number of hydrogen-bond acceptors (Lipinski definition) is 7. The molecule has 0 spiro atoms. The van der Waals surface area contributed by atoms with E-state index >= 15 is 4.39 Å². The molecular weight excluding hydrogens is 536 g/mol. The maximum Gasteiger partial charge on any atom is 0.264 e. The molecule has 2 aromatic carbocycles. The van der Waals surface area contributed by atoms with Gasteiger partial charge in [0.05, 0.1) is 28.7 Å². The Hall–Kier alpha value is -3.69. The molecule has 2 saturated heterocycles. The van der Waals surface area contributed by atoms with Crippen molar-refractivity contribution in [3.63, 3.8) is 0 Å². The maximum atomic E-state index is 15.7. The number of halogens is 2. The summed E-state index contributed by atoms with van der Waals surface area (Å²) in [5.41, 5.74) is 7.57. The first kappa shape index (κ1) is 26.5. The van der Waals surface area contributed by atoms with E-state index in [0.717, 1.165) is 24.2 Å². The smallest absolute Gasteiger partial charge is 0.264 e. The fourth-order valence-corrected chi connectivity index (χ4v) is 6.57. The highest BCUT2D eigenvalue weighted by Crippen LogP contribution is 2.42. The number of aliphatic hydroxyl groups is 1. The average Bonchev–Trinajstić information content (AvgIpc) is 3.57. The zero-order valence-corrected chi connectivity index (χ0v) is 22.3. The fraction of sp³-hybridized carbons (Fsp3) is 0.345. The molecule has 6 rings (SSSR count). The second-order valence-electron chi connectivity index (χ2n) is 10.3. The first-order valence-electron chi connectivity index (χ1n) is 13.2. The van der Waals surface area contributed by atoms with Crippen LogP contribution in [0.3, 0.4) is 0 Å². The molecule has 0 saturated carbocycles. The first-order valence-corrected chi connectivity index (χ1v) is 14.0. The van der Waals surface area contributed by atoms with Crippen LogP contribution < -0.4 is 5.73 Å². The minimum atomic E-state index is -0.697. The Morgan fingerprint density at radius 3 is 2.77 bits per heavy atom. The number of piperidine rings is 1. The van der Waals surface area contributed by atoms with Gasteiger partial charge < -0.3 is 20.5 Å². The number of nitriles is 1. The van der Waals surface area contributed by atoms with Crippen molar-refractivity contribution in [2.24, 2.45) is 5.73 Å². The molecule has 2 aromatic heterocycles. The SMILES string of the molecule is N#Cc1ccc(-c2cc(C(=O)N3CCC[C@@H](N)C3)sc2-c2cc3cn(C4COCCC4O)nc3cc2F)cc1F.